The molecule has 0 bridgehead atoms. The van der Waals surface area contributed by atoms with Crippen LogP contribution in [-0.2, 0) is 13.1 Å². The number of pyridine rings is 1. The average Bonchev–Trinajstić information content (AvgIpc) is 2.77. The third-order valence-electron chi connectivity index (χ3n) is 4.27. The number of nitrogens with zero attached hydrogens (tertiary/aromatic N) is 1. The highest BCUT2D eigenvalue weighted by Crippen LogP contribution is 2.14. The molecule has 3 aromatic rings. The molecule has 0 unspecified atom stereocenters. The second-order valence-corrected chi connectivity index (χ2v) is 6.16. The van der Waals surface area contributed by atoms with E-state index in [0.717, 1.165) is 22.6 Å². The number of carbonyl (C=O) groups is 1. The van der Waals surface area contributed by atoms with Gasteiger partial charge < -0.3 is 20.1 Å². The Bertz CT molecular complexity index is 909. The van der Waals surface area contributed by atoms with Crippen molar-refractivity contribution in [3.8, 4) is 11.5 Å². The number of rotatable bonds is 8. The normalized spacial score (nSPS) is 10.2. The van der Waals surface area contributed by atoms with E-state index in [1.54, 1.807) is 32.5 Å². The summed E-state index contributed by atoms with van der Waals surface area (Å²) in [7, 11) is 3.27. The maximum atomic E-state index is 12.4. The Hall–Kier alpha value is -3.54. The van der Waals surface area contributed by atoms with Crippen molar-refractivity contribution < 1.29 is 14.3 Å². The minimum atomic E-state index is -0.147. The first kappa shape index (κ1) is 19.2. The number of methoxy groups -OCH3 is 2. The van der Waals surface area contributed by atoms with E-state index >= 15 is 0 Å². The van der Waals surface area contributed by atoms with Gasteiger partial charge in [0.15, 0.2) is 0 Å². The first-order valence-corrected chi connectivity index (χ1v) is 8.92. The van der Waals surface area contributed by atoms with Crippen molar-refractivity contribution in [3.63, 3.8) is 0 Å². The second kappa shape index (κ2) is 9.41. The molecule has 1 aromatic heterocycles. The van der Waals surface area contributed by atoms with Gasteiger partial charge in [-0.25, -0.2) is 4.98 Å². The third-order valence-corrected chi connectivity index (χ3v) is 4.27. The fraction of sp³-hybridized carbons (Fsp3) is 0.182. The van der Waals surface area contributed by atoms with E-state index in [4.69, 9.17) is 9.47 Å². The lowest BCUT2D eigenvalue weighted by Gasteiger charge is -2.09. The Morgan fingerprint density at radius 1 is 0.857 bits per heavy atom. The zero-order valence-electron chi connectivity index (χ0n) is 15.9. The smallest absolute Gasteiger partial charge is 0.251 e. The van der Waals surface area contributed by atoms with E-state index in [1.165, 1.54) is 0 Å². The van der Waals surface area contributed by atoms with Crippen molar-refractivity contribution in [2.75, 3.05) is 19.5 Å². The summed E-state index contributed by atoms with van der Waals surface area (Å²) in [5.74, 6) is 2.10. The molecule has 1 heterocycles. The standard InChI is InChI=1S/C22H23N3O3/c1-27-19-7-3-16(4-8-19)14-24-21-13-18(11-12-23-21)22(26)25-15-17-5-9-20(28-2)10-6-17/h3-13H,14-15H2,1-2H3,(H,23,24)(H,25,26). The van der Waals surface area contributed by atoms with E-state index in [-0.39, 0.29) is 5.91 Å². The second-order valence-electron chi connectivity index (χ2n) is 6.16. The Labute approximate surface area is 164 Å². The summed E-state index contributed by atoms with van der Waals surface area (Å²) in [5, 5.41) is 6.15. The lowest BCUT2D eigenvalue weighted by atomic mass is 10.2. The summed E-state index contributed by atoms with van der Waals surface area (Å²) in [6.45, 7) is 1.05. The topological polar surface area (TPSA) is 72.5 Å². The fourth-order valence-corrected chi connectivity index (χ4v) is 2.63. The lowest BCUT2D eigenvalue weighted by molar-refractivity contribution is 0.0951. The number of anilines is 1. The number of hydrogen-bond donors (Lipinski definition) is 2. The molecule has 0 aliphatic carbocycles. The first-order chi connectivity index (χ1) is 13.7. The summed E-state index contributed by atoms with van der Waals surface area (Å²) in [5.41, 5.74) is 2.65. The molecule has 6 nitrogen and oxygen atoms in total. The van der Waals surface area contributed by atoms with Gasteiger partial charge in [-0.05, 0) is 47.5 Å². The zero-order valence-corrected chi connectivity index (χ0v) is 15.9. The summed E-state index contributed by atoms with van der Waals surface area (Å²) >= 11 is 0. The molecule has 0 spiro atoms. The molecule has 0 aliphatic heterocycles. The number of ether oxygens (including phenoxy) is 2. The highest BCUT2D eigenvalue weighted by Gasteiger charge is 2.07. The van der Waals surface area contributed by atoms with Crippen molar-refractivity contribution in [2.45, 2.75) is 13.1 Å². The molecule has 1 amide bonds. The van der Waals surface area contributed by atoms with Gasteiger partial charge in [-0.3, -0.25) is 4.79 Å². The maximum absolute atomic E-state index is 12.4. The summed E-state index contributed by atoms with van der Waals surface area (Å²) in [6.07, 6.45) is 1.62. The van der Waals surface area contributed by atoms with Gasteiger partial charge in [0, 0.05) is 24.8 Å². The maximum Gasteiger partial charge on any atom is 0.251 e. The van der Waals surface area contributed by atoms with E-state index in [0.29, 0.717) is 24.5 Å². The highest BCUT2D eigenvalue weighted by molar-refractivity contribution is 5.94. The number of aromatic nitrogens is 1. The molecule has 0 radical (unpaired) electrons. The number of benzene rings is 2. The SMILES string of the molecule is COc1ccc(CNC(=O)c2ccnc(NCc3ccc(OC)cc3)c2)cc1. The number of hydrogen-bond acceptors (Lipinski definition) is 5. The highest BCUT2D eigenvalue weighted by atomic mass is 16.5. The van der Waals surface area contributed by atoms with Gasteiger partial charge in [0.25, 0.3) is 5.91 Å². The molecular weight excluding hydrogens is 354 g/mol. The van der Waals surface area contributed by atoms with Crippen LogP contribution in [0, 0.1) is 0 Å². The minimum Gasteiger partial charge on any atom is -0.497 e. The van der Waals surface area contributed by atoms with Gasteiger partial charge in [0.2, 0.25) is 0 Å². The van der Waals surface area contributed by atoms with E-state index in [1.807, 2.05) is 48.5 Å². The summed E-state index contributed by atoms with van der Waals surface area (Å²) in [6, 6.07) is 18.8. The molecule has 144 valence electrons. The molecule has 0 atom stereocenters. The minimum absolute atomic E-state index is 0.147. The zero-order chi connectivity index (χ0) is 19.8. The third kappa shape index (κ3) is 5.23. The largest absolute Gasteiger partial charge is 0.497 e. The van der Waals surface area contributed by atoms with E-state index in [2.05, 4.69) is 15.6 Å². The van der Waals surface area contributed by atoms with Crippen LogP contribution in [0.5, 0.6) is 11.5 Å². The van der Waals surface area contributed by atoms with Crippen LogP contribution in [-0.4, -0.2) is 25.1 Å². The lowest BCUT2D eigenvalue weighted by Crippen LogP contribution is -2.23. The van der Waals surface area contributed by atoms with Gasteiger partial charge in [-0.2, -0.15) is 0 Å². The van der Waals surface area contributed by atoms with Gasteiger partial charge in [0.1, 0.15) is 17.3 Å². The van der Waals surface area contributed by atoms with Crippen molar-refractivity contribution >= 4 is 11.7 Å². The van der Waals surface area contributed by atoms with Gasteiger partial charge in [-0.15, -0.1) is 0 Å². The van der Waals surface area contributed by atoms with Crippen LogP contribution in [0.4, 0.5) is 5.82 Å². The molecule has 0 saturated heterocycles. The van der Waals surface area contributed by atoms with Crippen LogP contribution >= 0.6 is 0 Å². The van der Waals surface area contributed by atoms with E-state index < -0.39 is 0 Å². The monoisotopic (exact) mass is 377 g/mol. The summed E-state index contributed by atoms with van der Waals surface area (Å²) in [4.78, 5) is 16.7. The quantitative estimate of drug-likeness (QED) is 0.627. The Morgan fingerprint density at radius 3 is 2.00 bits per heavy atom. The molecule has 2 aromatic carbocycles. The number of nitrogens with one attached hydrogen (secondary N) is 2. The number of amides is 1. The van der Waals surface area contributed by atoms with Crippen molar-refractivity contribution in [2.24, 2.45) is 0 Å². The molecular formula is C22H23N3O3. The summed E-state index contributed by atoms with van der Waals surface area (Å²) < 4.78 is 10.3. The Balaban J connectivity index is 1.55. The molecule has 0 fully saturated rings. The predicted molar refractivity (Wildman–Crippen MR) is 109 cm³/mol. The van der Waals surface area contributed by atoms with Gasteiger partial charge in [0.05, 0.1) is 14.2 Å². The Morgan fingerprint density at radius 2 is 1.43 bits per heavy atom. The molecule has 0 aliphatic rings. The van der Waals surface area contributed by atoms with Crippen molar-refractivity contribution in [1.29, 1.82) is 0 Å². The predicted octanol–water partition coefficient (Wildman–Crippen LogP) is 3.64. The van der Waals surface area contributed by atoms with Crippen LogP contribution in [0.25, 0.3) is 0 Å². The van der Waals surface area contributed by atoms with Crippen LogP contribution in [0.1, 0.15) is 21.5 Å². The molecule has 3 rings (SSSR count). The van der Waals surface area contributed by atoms with Crippen LogP contribution < -0.4 is 20.1 Å². The van der Waals surface area contributed by atoms with Crippen LogP contribution in [0.2, 0.25) is 0 Å². The molecule has 6 heteroatoms. The van der Waals surface area contributed by atoms with Crippen LogP contribution in [0.3, 0.4) is 0 Å². The van der Waals surface area contributed by atoms with Gasteiger partial charge in [-0.1, -0.05) is 24.3 Å². The average molecular weight is 377 g/mol. The number of carbonyl (C=O) groups excluding carboxylic acids is 1. The van der Waals surface area contributed by atoms with Gasteiger partial charge >= 0.3 is 0 Å². The van der Waals surface area contributed by atoms with Crippen LogP contribution in [0.15, 0.2) is 66.9 Å². The van der Waals surface area contributed by atoms with Crippen molar-refractivity contribution in [3.05, 3.63) is 83.6 Å². The van der Waals surface area contributed by atoms with E-state index in [9.17, 15) is 4.79 Å². The molecule has 28 heavy (non-hydrogen) atoms. The molecule has 0 saturated carbocycles. The Kier molecular flexibility index (Phi) is 6.46. The first-order valence-electron chi connectivity index (χ1n) is 8.92. The molecule has 2 N–H and O–H groups in total. The fourth-order valence-electron chi connectivity index (χ4n) is 2.63. The van der Waals surface area contributed by atoms with Crippen molar-refractivity contribution in [1.82, 2.24) is 10.3 Å².